The molecule has 3 rings (SSSR count). The first-order valence-corrected chi connectivity index (χ1v) is 8.51. The Kier molecular flexibility index (Phi) is 4.53. The van der Waals surface area contributed by atoms with Gasteiger partial charge in [0.05, 0.1) is 6.04 Å². The van der Waals surface area contributed by atoms with Gasteiger partial charge in [-0.15, -0.1) is 0 Å². The molecule has 0 radical (unpaired) electrons. The van der Waals surface area contributed by atoms with Crippen molar-refractivity contribution >= 4 is 11.9 Å². The van der Waals surface area contributed by atoms with Gasteiger partial charge < -0.3 is 9.64 Å². The number of hydrogen-bond acceptors (Lipinski definition) is 5. The third-order valence-corrected chi connectivity index (χ3v) is 4.85. The second-order valence-corrected chi connectivity index (χ2v) is 6.90. The van der Waals surface area contributed by atoms with Crippen molar-refractivity contribution in [1.82, 2.24) is 14.9 Å². The Labute approximate surface area is 137 Å². The number of rotatable bonds is 3. The molecule has 6 nitrogen and oxygen atoms in total. The molecule has 0 N–H and O–H groups in total. The summed E-state index contributed by atoms with van der Waals surface area (Å²) in [7, 11) is 0. The molecule has 23 heavy (non-hydrogen) atoms. The van der Waals surface area contributed by atoms with E-state index in [1.165, 1.54) is 0 Å². The molecule has 6 heteroatoms. The van der Waals surface area contributed by atoms with Crippen LogP contribution in [0.25, 0.3) is 0 Å². The molecule has 2 aliphatic heterocycles. The van der Waals surface area contributed by atoms with Crippen molar-refractivity contribution in [3.63, 3.8) is 0 Å². The van der Waals surface area contributed by atoms with Gasteiger partial charge in [-0.2, -0.15) is 0 Å². The van der Waals surface area contributed by atoms with Crippen LogP contribution >= 0.6 is 0 Å². The van der Waals surface area contributed by atoms with E-state index in [0.717, 1.165) is 37.4 Å². The Morgan fingerprint density at radius 3 is 2.52 bits per heavy atom. The fourth-order valence-corrected chi connectivity index (χ4v) is 3.45. The van der Waals surface area contributed by atoms with E-state index in [1.807, 2.05) is 19.9 Å². The van der Waals surface area contributed by atoms with Gasteiger partial charge in [-0.25, -0.2) is 14.8 Å². The van der Waals surface area contributed by atoms with Crippen LogP contribution in [0.4, 0.5) is 10.6 Å². The van der Waals surface area contributed by atoms with Crippen molar-refractivity contribution in [3.05, 3.63) is 17.6 Å². The lowest BCUT2D eigenvalue weighted by molar-refractivity contribution is 0.170. The van der Waals surface area contributed by atoms with Gasteiger partial charge in [0.25, 0.3) is 0 Å². The van der Waals surface area contributed by atoms with Crippen molar-refractivity contribution in [3.8, 4) is 0 Å². The summed E-state index contributed by atoms with van der Waals surface area (Å²) in [6.45, 7) is 11.0. The summed E-state index contributed by atoms with van der Waals surface area (Å²) < 4.78 is 5.12. The molecule has 1 amide bonds. The molecule has 1 atom stereocenters. The Morgan fingerprint density at radius 1 is 1.26 bits per heavy atom. The molecule has 0 aliphatic carbocycles. The first-order chi connectivity index (χ1) is 11.0. The Hall–Kier alpha value is -1.69. The van der Waals surface area contributed by atoms with Crippen molar-refractivity contribution in [2.24, 2.45) is 0 Å². The summed E-state index contributed by atoms with van der Waals surface area (Å²) in [6.07, 6.45) is 1.90. The Balaban J connectivity index is 1.80. The van der Waals surface area contributed by atoms with Gasteiger partial charge in [-0.3, -0.25) is 4.90 Å². The molecule has 1 aromatic heterocycles. The predicted molar refractivity (Wildman–Crippen MR) is 88.7 cm³/mol. The Morgan fingerprint density at radius 2 is 1.96 bits per heavy atom. The molecule has 2 aliphatic rings. The maximum Gasteiger partial charge on any atom is 0.415 e. The molecule has 0 aromatic carbocycles. The lowest BCUT2D eigenvalue weighted by atomic mass is 9.92. The van der Waals surface area contributed by atoms with Crippen LogP contribution < -0.4 is 4.90 Å². The molecule has 0 spiro atoms. The summed E-state index contributed by atoms with van der Waals surface area (Å²) in [4.78, 5) is 25.2. The number of ether oxygens (including phenoxy) is 1. The number of anilines is 1. The number of piperidine rings is 1. The van der Waals surface area contributed by atoms with Crippen LogP contribution in [-0.4, -0.2) is 52.7 Å². The lowest BCUT2D eigenvalue weighted by Gasteiger charge is -2.34. The number of likely N-dealkylation sites (tertiary alicyclic amines) is 1. The maximum atomic E-state index is 11.9. The fraction of sp³-hybridized carbons (Fsp3) is 0.706. The summed E-state index contributed by atoms with van der Waals surface area (Å²) in [6, 6.07) is 2.59. The third-order valence-electron chi connectivity index (χ3n) is 4.85. The molecule has 1 aromatic rings. The zero-order valence-corrected chi connectivity index (χ0v) is 14.5. The second-order valence-electron chi connectivity index (χ2n) is 6.90. The lowest BCUT2D eigenvalue weighted by Crippen LogP contribution is -2.38. The molecule has 2 fully saturated rings. The van der Waals surface area contributed by atoms with Gasteiger partial charge in [0.15, 0.2) is 0 Å². The maximum absolute atomic E-state index is 11.9. The van der Waals surface area contributed by atoms with E-state index >= 15 is 0 Å². The first-order valence-electron chi connectivity index (χ1n) is 8.51. The highest BCUT2D eigenvalue weighted by Crippen LogP contribution is 2.30. The largest absolute Gasteiger partial charge is 0.447 e. The van der Waals surface area contributed by atoms with Crippen LogP contribution in [0.3, 0.4) is 0 Å². The normalized spacial score (nSPS) is 23.6. The van der Waals surface area contributed by atoms with Crippen LogP contribution in [0.1, 0.15) is 51.0 Å². The monoisotopic (exact) mass is 318 g/mol. The average Bonchev–Trinajstić information content (AvgIpc) is 2.85. The van der Waals surface area contributed by atoms with E-state index in [2.05, 4.69) is 28.7 Å². The van der Waals surface area contributed by atoms with Gasteiger partial charge in [-0.1, -0.05) is 0 Å². The third kappa shape index (κ3) is 3.32. The van der Waals surface area contributed by atoms with Crippen LogP contribution in [0.2, 0.25) is 0 Å². The minimum atomic E-state index is -0.309. The number of hydrogen-bond donors (Lipinski definition) is 0. The number of nitrogens with zero attached hydrogens (tertiary/aromatic N) is 4. The van der Waals surface area contributed by atoms with Crippen LogP contribution in [-0.2, 0) is 4.74 Å². The van der Waals surface area contributed by atoms with E-state index in [4.69, 9.17) is 4.74 Å². The van der Waals surface area contributed by atoms with E-state index in [0.29, 0.717) is 24.4 Å². The summed E-state index contributed by atoms with van der Waals surface area (Å²) in [5.74, 6) is 1.84. The van der Waals surface area contributed by atoms with Gasteiger partial charge in [0.2, 0.25) is 0 Å². The van der Waals surface area contributed by atoms with Crippen molar-refractivity contribution in [2.45, 2.75) is 58.5 Å². The number of aromatic nitrogens is 2. The topological polar surface area (TPSA) is 58.6 Å². The van der Waals surface area contributed by atoms with Crippen molar-refractivity contribution < 1.29 is 9.53 Å². The van der Waals surface area contributed by atoms with Crippen LogP contribution in [0.15, 0.2) is 6.07 Å². The highest BCUT2D eigenvalue weighted by Gasteiger charge is 2.33. The minimum absolute atomic E-state index is 0.0208. The molecule has 0 bridgehead atoms. The Bertz CT molecular complexity index is 582. The molecule has 1 unspecified atom stereocenters. The molecule has 0 saturated carbocycles. The minimum Gasteiger partial charge on any atom is -0.447 e. The van der Waals surface area contributed by atoms with E-state index in [-0.39, 0.29) is 12.1 Å². The number of amides is 1. The molecule has 2 saturated heterocycles. The zero-order chi connectivity index (χ0) is 16.6. The standard InChI is InChI=1S/C17H26N4O2/c1-11(2)20-7-5-14(6-8-20)15-9-16(19-13(4)18-15)21-12(3)10-23-17(21)22/h9,11-12,14H,5-8,10H2,1-4H3. The van der Waals surface area contributed by atoms with E-state index in [9.17, 15) is 4.79 Å². The second kappa shape index (κ2) is 6.43. The van der Waals surface area contributed by atoms with Gasteiger partial charge in [0, 0.05) is 23.7 Å². The first kappa shape index (κ1) is 16.2. The summed E-state index contributed by atoms with van der Waals surface area (Å²) in [5.41, 5.74) is 1.06. The van der Waals surface area contributed by atoms with Gasteiger partial charge in [0.1, 0.15) is 18.2 Å². The number of carbonyl (C=O) groups excluding carboxylic acids is 1. The van der Waals surface area contributed by atoms with Crippen molar-refractivity contribution in [2.75, 3.05) is 24.6 Å². The molecule has 126 valence electrons. The smallest absolute Gasteiger partial charge is 0.415 e. The molecule has 3 heterocycles. The highest BCUT2D eigenvalue weighted by molar-refractivity contribution is 5.89. The fourth-order valence-electron chi connectivity index (χ4n) is 3.45. The molecular formula is C17H26N4O2. The summed E-state index contributed by atoms with van der Waals surface area (Å²) in [5, 5.41) is 0. The quantitative estimate of drug-likeness (QED) is 0.857. The SMILES string of the molecule is Cc1nc(C2CCN(C(C)C)CC2)cc(N2C(=O)OCC2C)n1. The predicted octanol–water partition coefficient (Wildman–Crippen LogP) is 2.72. The van der Waals surface area contributed by atoms with Crippen LogP contribution in [0.5, 0.6) is 0 Å². The van der Waals surface area contributed by atoms with Gasteiger partial charge >= 0.3 is 6.09 Å². The number of aryl methyl sites for hydroxylation is 1. The number of cyclic esters (lactones) is 1. The van der Waals surface area contributed by atoms with E-state index in [1.54, 1.807) is 4.90 Å². The average molecular weight is 318 g/mol. The van der Waals surface area contributed by atoms with Crippen molar-refractivity contribution in [1.29, 1.82) is 0 Å². The number of carbonyl (C=O) groups is 1. The summed E-state index contributed by atoms with van der Waals surface area (Å²) >= 11 is 0. The van der Waals surface area contributed by atoms with Gasteiger partial charge in [-0.05, 0) is 53.6 Å². The zero-order valence-electron chi connectivity index (χ0n) is 14.5. The van der Waals surface area contributed by atoms with E-state index < -0.39 is 0 Å². The van der Waals surface area contributed by atoms with Crippen LogP contribution in [0, 0.1) is 6.92 Å². The molecular weight excluding hydrogens is 292 g/mol. The highest BCUT2D eigenvalue weighted by atomic mass is 16.6.